The fraction of sp³-hybridized carbons (Fsp3) is 0.491. The van der Waals surface area contributed by atoms with Gasteiger partial charge in [0.15, 0.2) is 34.0 Å². The number of aryl methyl sites for hydroxylation is 2. The number of benzene rings is 2. The Morgan fingerprint density at radius 1 is 0.575 bits per heavy atom. The molecule has 7 aromatic rings. The van der Waals surface area contributed by atoms with Crippen LogP contribution in [0.5, 0.6) is 41.6 Å². The quantitative estimate of drug-likeness (QED) is 0.0275. The Hall–Kier alpha value is -8.32. The molecular weight excluding hydrogens is 1030 g/mol. The molecule has 25 nitrogen and oxygen atoms in total. The predicted octanol–water partition coefficient (Wildman–Crippen LogP) is 6.51. The zero-order valence-corrected chi connectivity index (χ0v) is 47.1. The second-order valence-electron chi connectivity index (χ2n) is 18.7. The largest absolute Gasteiger partial charge is 0.494 e. The zero-order chi connectivity index (χ0) is 57.4. The number of methoxy groups -OCH3 is 2. The molecule has 6 heterocycles. The standard InChI is InChI=1S/C22H31N5O3.C20H25N5O4.C13H21N5O3/c1-4-5-12-30-22-24-20(23)18-14-19(28)27(21(18)25-22)11-6-13-29-17-9-7-16(8-10-17)15-26(2)3;1-3-4-11-29-19-23-17(21)16-18(24-19)25(20(22-16)27-2)10-5-12-28-15-8-6-14(13-26)7-9-15;1-3-4-8-21-12-16-10(14)9-11(17-12)18(6-5-7-19)13(15-9)20-2/h7-10H,4-6,11-15H2,1-3H3,(H2,23,24,25);6-9,13H,3-5,10-12H2,1-2H3,(H2,21,23,24);19H,3-8H2,1-2H3,(H2,14,16,17). The number of hydrogen-bond donors (Lipinski definition) is 4. The van der Waals surface area contributed by atoms with E-state index in [0.29, 0.717) is 135 Å². The first-order valence-electron chi connectivity index (χ1n) is 27.0. The molecule has 0 bridgehead atoms. The fourth-order valence-electron chi connectivity index (χ4n) is 8.00. The maximum absolute atomic E-state index is 12.5. The smallest absolute Gasteiger partial charge is 0.320 e. The number of unbranched alkanes of at least 4 members (excludes halogenated alkanes) is 3. The summed E-state index contributed by atoms with van der Waals surface area (Å²) in [6.45, 7) is 11.4. The molecule has 5 aromatic heterocycles. The number of aldehydes is 1. The van der Waals surface area contributed by atoms with Gasteiger partial charge < -0.3 is 60.4 Å². The van der Waals surface area contributed by atoms with E-state index in [4.69, 9.17) is 55.5 Å². The number of aliphatic hydroxyl groups is 1. The first-order chi connectivity index (χ1) is 38.8. The lowest BCUT2D eigenvalue weighted by molar-refractivity contribution is -0.117. The Morgan fingerprint density at radius 3 is 1.49 bits per heavy atom. The number of rotatable bonds is 30. The maximum Gasteiger partial charge on any atom is 0.320 e. The summed E-state index contributed by atoms with van der Waals surface area (Å²) in [6.07, 6.45) is 8.77. The van der Waals surface area contributed by atoms with Crippen molar-refractivity contribution in [2.45, 2.75) is 105 Å². The summed E-state index contributed by atoms with van der Waals surface area (Å²) in [5.41, 5.74) is 22.6. The molecule has 0 aliphatic carbocycles. The van der Waals surface area contributed by atoms with Gasteiger partial charge in [0, 0.05) is 43.9 Å². The first-order valence-corrected chi connectivity index (χ1v) is 27.0. The topological polar surface area (TPSA) is 317 Å². The second-order valence-corrected chi connectivity index (χ2v) is 18.7. The number of imidazole rings is 2. The zero-order valence-electron chi connectivity index (χ0n) is 47.1. The molecule has 0 saturated carbocycles. The summed E-state index contributed by atoms with van der Waals surface area (Å²) in [7, 11) is 7.16. The van der Waals surface area contributed by atoms with E-state index in [2.05, 4.69) is 77.7 Å². The highest BCUT2D eigenvalue weighted by Crippen LogP contribution is 2.33. The van der Waals surface area contributed by atoms with Gasteiger partial charge in [0.05, 0.1) is 53.7 Å². The van der Waals surface area contributed by atoms with Crippen LogP contribution in [0, 0.1) is 0 Å². The summed E-state index contributed by atoms with van der Waals surface area (Å²) < 4.78 is 42.4. The van der Waals surface area contributed by atoms with Crippen molar-refractivity contribution in [3.05, 3.63) is 65.2 Å². The summed E-state index contributed by atoms with van der Waals surface area (Å²) >= 11 is 0. The van der Waals surface area contributed by atoms with Crippen molar-refractivity contribution in [3.63, 3.8) is 0 Å². The van der Waals surface area contributed by atoms with Crippen LogP contribution in [-0.4, -0.2) is 146 Å². The van der Waals surface area contributed by atoms with Crippen molar-refractivity contribution >= 4 is 57.8 Å². The molecule has 25 heteroatoms. The number of aliphatic hydroxyl groups excluding tert-OH is 1. The molecule has 1 amide bonds. The summed E-state index contributed by atoms with van der Waals surface area (Å²) in [5.74, 6) is 2.89. The molecule has 0 atom stereocenters. The van der Waals surface area contributed by atoms with Gasteiger partial charge in [-0.25, -0.2) is 0 Å². The summed E-state index contributed by atoms with van der Waals surface area (Å²) in [5, 5.41) is 9.00. The second kappa shape index (κ2) is 31.3. The Kier molecular flexibility index (Phi) is 23.8. The van der Waals surface area contributed by atoms with Gasteiger partial charge in [0.25, 0.3) is 12.0 Å². The number of hydrogen-bond acceptors (Lipinski definition) is 22. The number of aromatic nitrogens is 10. The highest BCUT2D eigenvalue weighted by atomic mass is 16.5. The molecule has 0 fully saturated rings. The highest BCUT2D eigenvalue weighted by Gasteiger charge is 2.32. The minimum absolute atomic E-state index is 0.0234. The fourth-order valence-corrected chi connectivity index (χ4v) is 8.00. The predicted molar refractivity (Wildman–Crippen MR) is 304 cm³/mol. The minimum atomic E-state index is -0.0234. The summed E-state index contributed by atoms with van der Waals surface area (Å²) in [6, 6.07) is 16.6. The molecule has 2 aromatic carbocycles. The van der Waals surface area contributed by atoms with Gasteiger partial charge in [-0.1, -0.05) is 52.2 Å². The van der Waals surface area contributed by atoms with Crippen molar-refractivity contribution in [1.29, 1.82) is 0 Å². The number of amides is 1. The van der Waals surface area contributed by atoms with Crippen LogP contribution in [0.1, 0.15) is 100 Å². The Bertz CT molecular complexity index is 3050. The van der Waals surface area contributed by atoms with Gasteiger partial charge >= 0.3 is 18.0 Å². The van der Waals surface area contributed by atoms with Crippen molar-refractivity contribution in [2.24, 2.45) is 0 Å². The minimum Gasteiger partial charge on any atom is -0.494 e. The SMILES string of the molecule is CCCCOc1nc(N)c2c(n1)N(CCCOc1ccc(CN(C)C)cc1)C(=O)C2.CCCCOc1nc(N)c2nc(OC)n(CCCO)c2n1.CCCCOc1nc(N)c2nc(OC)n(CCCOc3ccc(C=O)cc3)c2n1. The summed E-state index contributed by atoms with van der Waals surface area (Å²) in [4.78, 5) is 61.3. The lowest BCUT2D eigenvalue weighted by Gasteiger charge is -2.17. The number of carbonyl (C=O) groups is 2. The number of ether oxygens (including phenoxy) is 7. The van der Waals surface area contributed by atoms with Gasteiger partial charge in [0.1, 0.15) is 29.4 Å². The molecule has 0 spiro atoms. The third kappa shape index (κ3) is 17.1. The van der Waals surface area contributed by atoms with E-state index in [1.807, 2.05) is 30.8 Å². The van der Waals surface area contributed by atoms with Gasteiger partial charge in [-0.2, -0.15) is 39.9 Å². The van der Waals surface area contributed by atoms with E-state index in [9.17, 15) is 9.59 Å². The van der Waals surface area contributed by atoms with Crippen LogP contribution in [0.15, 0.2) is 48.5 Å². The molecule has 1 aliphatic rings. The number of nitrogens with zero attached hydrogens (tertiary/aromatic N) is 12. The van der Waals surface area contributed by atoms with E-state index in [1.165, 1.54) is 12.7 Å². The average Bonchev–Trinajstić information content (AvgIpc) is 4.14. The normalized spacial score (nSPS) is 11.7. The van der Waals surface area contributed by atoms with Crippen LogP contribution in [-0.2, 0) is 30.8 Å². The molecule has 7 N–H and O–H groups in total. The Balaban J connectivity index is 0.000000197. The average molecular weight is 1110 g/mol. The number of carbonyl (C=O) groups excluding carboxylic acids is 2. The highest BCUT2D eigenvalue weighted by molar-refractivity contribution is 6.01. The van der Waals surface area contributed by atoms with Gasteiger partial charge in [-0.3, -0.25) is 23.6 Å². The van der Waals surface area contributed by atoms with Crippen LogP contribution in [0.3, 0.4) is 0 Å². The maximum atomic E-state index is 12.5. The van der Waals surface area contributed by atoms with E-state index >= 15 is 0 Å². The molecule has 0 saturated heterocycles. The monoisotopic (exact) mass is 1110 g/mol. The van der Waals surface area contributed by atoms with Crippen molar-refractivity contribution in [1.82, 2.24) is 53.9 Å². The molecule has 8 rings (SSSR count). The first kappa shape index (κ1) is 60.9. The van der Waals surface area contributed by atoms with Crippen molar-refractivity contribution < 1.29 is 47.9 Å². The lowest BCUT2D eigenvalue weighted by Crippen LogP contribution is -2.29. The van der Waals surface area contributed by atoms with E-state index < -0.39 is 0 Å². The molecule has 1 aliphatic heterocycles. The molecule has 432 valence electrons. The van der Waals surface area contributed by atoms with E-state index in [1.54, 1.807) is 40.8 Å². The number of nitrogen functional groups attached to an aromatic ring is 3. The van der Waals surface area contributed by atoms with Gasteiger partial charge in [0.2, 0.25) is 5.91 Å². The van der Waals surface area contributed by atoms with Gasteiger partial charge in [-0.15, -0.1) is 0 Å². The third-order valence-corrected chi connectivity index (χ3v) is 12.1. The van der Waals surface area contributed by atoms with Crippen LogP contribution in [0.4, 0.5) is 23.3 Å². The lowest BCUT2D eigenvalue weighted by atomic mass is 10.2. The van der Waals surface area contributed by atoms with E-state index in [-0.39, 0.29) is 48.6 Å². The number of anilines is 4. The molecule has 80 heavy (non-hydrogen) atoms. The van der Waals surface area contributed by atoms with Crippen molar-refractivity contribution in [2.75, 3.05) is 96.6 Å². The number of fused-ring (bicyclic) bond motifs is 3. The third-order valence-electron chi connectivity index (χ3n) is 12.1. The van der Waals surface area contributed by atoms with Crippen LogP contribution >= 0.6 is 0 Å². The Labute approximate surface area is 466 Å². The van der Waals surface area contributed by atoms with Crippen LogP contribution < -0.4 is 55.3 Å². The molecule has 0 unspecified atom stereocenters. The Morgan fingerprint density at radius 2 is 1.02 bits per heavy atom. The molecular formula is C55H77N15O10. The van der Waals surface area contributed by atoms with Crippen molar-refractivity contribution in [3.8, 4) is 41.6 Å². The molecule has 0 radical (unpaired) electrons. The number of nitrogens with two attached hydrogens (primary N) is 3. The van der Waals surface area contributed by atoms with Gasteiger partial charge in [-0.05, 0) is 94.6 Å². The van der Waals surface area contributed by atoms with Crippen LogP contribution in [0.2, 0.25) is 0 Å². The van der Waals surface area contributed by atoms with E-state index in [0.717, 1.165) is 57.1 Å². The van der Waals surface area contributed by atoms with Crippen LogP contribution in [0.25, 0.3) is 22.3 Å².